The van der Waals surface area contributed by atoms with Crippen molar-refractivity contribution in [2.24, 2.45) is 0 Å². The van der Waals surface area contributed by atoms with Crippen molar-refractivity contribution in [1.29, 1.82) is 0 Å². The first kappa shape index (κ1) is 17.8. The average Bonchev–Trinajstić information content (AvgIpc) is 3.10. The molecule has 1 fully saturated rings. The van der Waals surface area contributed by atoms with Crippen molar-refractivity contribution in [3.05, 3.63) is 53.2 Å². The number of hydrogen-bond donors (Lipinski definition) is 2. The number of para-hydroxylation sites is 1. The lowest BCUT2D eigenvalue weighted by Gasteiger charge is -2.20. The maximum atomic E-state index is 12.6. The van der Waals surface area contributed by atoms with E-state index in [1.807, 2.05) is 30.5 Å². The molecule has 2 N–H and O–H groups in total. The Balaban J connectivity index is 0.00000182. The number of carbonyl (C=O) groups excluding carboxylic acids is 1. The van der Waals surface area contributed by atoms with Crippen LogP contribution in [0.2, 0.25) is 0 Å². The van der Waals surface area contributed by atoms with Crippen molar-refractivity contribution in [2.75, 3.05) is 18.4 Å². The van der Waals surface area contributed by atoms with Crippen molar-refractivity contribution in [2.45, 2.75) is 18.8 Å². The van der Waals surface area contributed by atoms with Gasteiger partial charge in [0.15, 0.2) is 5.13 Å². The van der Waals surface area contributed by atoms with Gasteiger partial charge < -0.3 is 5.32 Å². The summed E-state index contributed by atoms with van der Waals surface area (Å²) >= 11 is 1.58. The van der Waals surface area contributed by atoms with Crippen molar-refractivity contribution < 1.29 is 4.79 Å². The summed E-state index contributed by atoms with van der Waals surface area (Å²) in [5, 5.41) is 7.90. The second-order valence-corrected chi connectivity index (χ2v) is 6.99. The number of anilines is 1. The van der Waals surface area contributed by atoms with E-state index < -0.39 is 0 Å². The van der Waals surface area contributed by atoms with Crippen LogP contribution in [0.5, 0.6) is 0 Å². The standard InChI is InChI=1S/C18H18N4OS.ClH/c23-17(14-5-1-3-13-4-2-8-20-16(13)14)22-18-21-11-15(24-18)12-6-9-19-10-7-12;/h1-5,8,11-12,19H,6-7,9-10H2,(H,21,22,23);1H. The molecule has 0 atom stereocenters. The van der Waals surface area contributed by atoms with Gasteiger partial charge in [-0.2, -0.15) is 0 Å². The van der Waals surface area contributed by atoms with Gasteiger partial charge in [-0.3, -0.25) is 15.1 Å². The number of aromatic nitrogens is 2. The second-order valence-electron chi connectivity index (χ2n) is 5.93. The van der Waals surface area contributed by atoms with Gasteiger partial charge in [0.05, 0.1) is 11.1 Å². The van der Waals surface area contributed by atoms with E-state index in [4.69, 9.17) is 0 Å². The molecular formula is C18H19ClN4OS. The van der Waals surface area contributed by atoms with Gasteiger partial charge in [0, 0.05) is 22.7 Å². The fourth-order valence-electron chi connectivity index (χ4n) is 3.09. The molecule has 0 spiro atoms. The average molecular weight is 375 g/mol. The zero-order valence-electron chi connectivity index (χ0n) is 13.6. The van der Waals surface area contributed by atoms with Gasteiger partial charge >= 0.3 is 0 Å². The summed E-state index contributed by atoms with van der Waals surface area (Å²) in [5.41, 5.74) is 1.29. The highest BCUT2D eigenvalue weighted by Crippen LogP contribution is 2.32. The van der Waals surface area contributed by atoms with Gasteiger partial charge in [-0.05, 0) is 44.0 Å². The molecule has 1 saturated heterocycles. The van der Waals surface area contributed by atoms with Gasteiger partial charge in [0.25, 0.3) is 5.91 Å². The Hall–Kier alpha value is -2.02. The van der Waals surface area contributed by atoms with Crippen molar-refractivity contribution in [3.8, 4) is 0 Å². The SMILES string of the molecule is Cl.O=C(Nc1ncc(C2CCNCC2)s1)c1cccc2cccnc12. The molecule has 5 nitrogen and oxygen atoms in total. The highest BCUT2D eigenvalue weighted by atomic mass is 35.5. The van der Waals surface area contributed by atoms with Crippen LogP contribution in [0.25, 0.3) is 10.9 Å². The molecule has 0 radical (unpaired) electrons. The minimum atomic E-state index is -0.162. The minimum absolute atomic E-state index is 0. The Labute approximate surface area is 156 Å². The Morgan fingerprint density at radius 3 is 2.80 bits per heavy atom. The van der Waals surface area contributed by atoms with Crippen LogP contribution in [0, 0.1) is 0 Å². The molecule has 4 rings (SSSR count). The molecule has 130 valence electrons. The number of halogens is 1. The first-order valence-electron chi connectivity index (χ1n) is 8.13. The largest absolute Gasteiger partial charge is 0.317 e. The summed E-state index contributed by atoms with van der Waals surface area (Å²) in [4.78, 5) is 22.6. The van der Waals surface area contributed by atoms with E-state index in [0.29, 0.717) is 22.1 Å². The second kappa shape index (κ2) is 7.91. The number of thiazole rings is 1. The molecule has 0 bridgehead atoms. The number of nitrogens with one attached hydrogen (secondary N) is 2. The molecule has 1 aliphatic rings. The van der Waals surface area contributed by atoms with Gasteiger partial charge in [0.1, 0.15) is 0 Å². The topological polar surface area (TPSA) is 66.9 Å². The number of benzene rings is 1. The molecule has 0 unspecified atom stereocenters. The van der Waals surface area contributed by atoms with Crippen LogP contribution in [-0.2, 0) is 0 Å². The molecule has 3 heterocycles. The first-order valence-corrected chi connectivity index (χ1v) is 8.94. The minimum Gasteiger partial charge on any atom is -0.317 e. The number of rotatable bonds is 3. The molecular weight excluding hydrogens is 356 g/mol. The third-order valence-electron chi connectivity index (χ3n) is 4.36. The summed E-state index contributed by atoms with van der Waals surface area (Å²) in [7, 11) is 0. The lowest BCUT2D eigenvalue weighted by atomic mass is 9.97. The van der Waals surface area contributed by atoms with E-state index in [-0.39, 0.29) is 18.3 Å². The number of amides is 1. The van der Waals surface area contributed by atoms with Crippen LogP contribution in [0.3, 0.4) is 0 Å². The van der Waals surface area contributed by atoms with Gasteiger partial charge in [-0.25, -0.2) is 4.98 Å². The van der Waals surface area contributed by atoms with Gasteiger partial charge in [-0.15, -0.1) is 23.7 Å². The number of fused-ring (bicyclic) bond motifs is 1. The van der Waals surface area contributed by atoms with Crippen LogP contribution >= 0.6 is 23.7 Å². The van der Waals surface area contributed by atoms with Crippen molar-refractivity contribution in [3.63, 3.8) is 0 Å². The first-order chi connectivity index (χ1) is 11.8. The molecule has 0 saturated carbocycles. The van der Waals surface area contributed by atoms with Crippen molar-refractivity contribution >= 4 is 45.7 Å². The third-order valence-corrected chi connectivity index (χ3v) is 5.44. The van der Waals surface area contributed by atoms with Crippen LogP contribution in [0.1, 0.15) is 34.0 Å². The predicted molar refractivity (Wildman–Crippen MR) is 104 cm³/mol. The van der Waals surface area contributed by atoms with Crippen LogP contribution in [0.15, 0.2) is 42.7 Å². The van der Waals surface area contributed by atoms with Gasteiger partial charge in [-0.1, -0.05) is 18.2 Å². The van der Waals surface area contributed by atoms with E-state index in [1.165, 1.54) is 4.88 Å². The van der Waals surface area contributed by atoms with Crippen LogP contribution in [-0.4, -0.2) is 29.0 Å². The summed E-state index contributed by atoms with van der Waals surface area (Å²) < 4.78 is 0. The highest BCUT2D eigenvalue weighted by molar-refractivity contribution is 7.15. The molecule has 2 aromatic heterocycles. The Kier molecular flexibility index (Phi) is 5.63. The lowest BCUT2D eigenvalue weighted by Crippen LogP contribution is -2.26. The quantitative estimate of drug-likeness (QED) is 0.731. The zero-order chi connectivity index (χ0) is 16.4. The van der Waals surface area contributed by atoms with E-state index in [9.17, 15) is 4.79 Å². The maximum Gasteiger partial charge on any atom is 0.259 e. The Morgan fingerprint density at radius 1 is 1.16 bits per heavy atom. The monoisotopic (exact) mass is 374 g/mol. The number of carbonyl (C=O) groups is 1. The lowest BCUT2D eigenvalue weighted by molar-refractivity contribution is 0.102. The zero-order valence-corrected chi connectivity index (χ0v) is 15.2. The predicted octanol–water partition coefficient (Wildman–Crippen LogP) is 3.83. The summed E-state index contributed by atoms with van der Waals surface area (Å²) in [6, 6.07) is 9.46. The van der Waals surface area contributed by atoms with Crippen LogP contribution in [0.4, 0.5) is 5.13 Å². The third kappa shape index (κ3) is 3.81. The molecule has 1 aliphatic heterocycles. The van der Waals surface area contributed by atoms with E-state index >= 15 is 0 Å². The van der Waals surface area contributed by atoms with Crippen molar-refractivity contribution in [1.82, 2.24) is 15.3 Å². The molecule has 1 amide bonds. The maximum absolute atomic E-state index is 12.6. The molecule has 3 aromatic rings. The smallest absolute Gasteiger partial charge is 0.259 e. The van der Waals surface area contributed by atoms with E-state index in [2.05, 4.69) is 20.6 Å². The molecule has 7 heteroatoms. The highest BCUT2D eigenvalue weighted by Gasteiger charge is 2.19. The Bertz CT molecular complexity index is 871. The number of pyridine rings is 1. The number of nitrogens with zero attached hydrogens (tertiary/aromatic N) is 2. The molecule has 25 heavy (non-hydrogen) atoms. The Morgan fingerprint density at radius 2 is 1.96 bits per heavy atom. The van der Waals surface area contributed by atoms with E-state index in [0.717, 1.165) is 31.3 Å². The van der Waals surface area contributed by atoms with Crippen LogP contribution < -0.4 is 10.6 Å². The molecule has 0 aliphatic carbocycles. The summed E-state index contributed by atoms with van der Waals surface area (Å²) in [6.45, 7) is 2.10. The number of hydrogen-bond acceptors (Lipinski definition) is 5. The number of piperidine rings is 1. The molecule has 1 aromatic carbocycles. The normalized spacial score (nSPS) is 14.9. The summed E-state index contributed by atoms with van der Waals surface area (Å²) in [6.07, 6.45) is 5.86. The van der Waals surface area contributed by atoms with E-state index in [1.54, 1.807) is 23.6 Å². The van der Waals surface area contributed by atoms with Gasteiger partial charge in [0.2, 0.25) is 0 Å². The fraction of sp³-hybridized carbons (Fsp3) is 0.278. The summed E-state index contributed by atoms with van der Waals surface area (Å²) in [5.74, 6) is 0.388. The fourth-order valence-corrected chi connectivity index (χ4v) is 4.07.